The monoisotopic (exact) mass is 517 g/mol. The first kappa shape index (κ1) is 26.2. The van der Waals surface area contributed by atoms with Gasteiger partial charge in [0, 0.05) is 47.9 Å². The van der Waals surface area contributed by atoms with Gasteiger partial charge in [-0.25, -0.2) is 13.6 Å². The van der Waals surface area contributed by atoms with E-state index >= 15 is 0 Å². The highest BCUT2D eigenvalue weighted by Crippen LogP contribution is 2.50. The van der Waals surface area contributed by atoms with E-state index in [0.717, 1.165) is 48.0 Å². The Labute approximate surface area is 199 Å². The molecule has 0 aliphatic rings. The van der Waals surface area contributed by atoms with Gasteiger partial charge in [0.2, 0.25) is 5.56 Å². The second kappa shape index (κ2) is 9.31. The Morgan fingerprint density at radius 2 is 1.74 bits per heavy atom. The number of ether oxygens (including phenoxy) is 1. The van der Waals surface area contributed by atoms with Crippen molar-refractivity contribution in [3.05, 3.63) is 92.4 Å². The van der Waals surface area contributed by atoms with Gasteiger partial charge < -0.3 is 19.5 Å². The molecule has 2 atom stereocenters. The first-order valence-corrected chi connectivity index (χ1v) is 10.2. The zero-order valence-electron chi connectivity index (χ0n) is 18.0. The van der Waals surface area contributed by atoms with Crippen LogP contribution in [0, 0.1) is 11.6 Å². The predicted molar refractivity (Wildman–Crippen MR) is 115 cm³/mol. The van der Waals surface area contributed by atoms with Crippen LogP contribution in [0.5, 0.6) is 11.5 Å². The number of aryl methyl sites for hydroxylation is 1. The van der Waals surface area contributed by atoms with Crippen LogP contribution in [0.3, 0.4) is 0 Å². The largest absolute Gasteiger partial charge is 0.478 e. The number of carbonyl (C=O) groups is 1. The number of hydrogen-bond acceptors (Lipinski definition) is 4. The molecule has 0 aliphatic heterocycles. The maximum absolute atomic E-state index is 14.8. The van der Waals surface area contributed by atoms with Crippen LogP contribution in [-0.4, -0.2) is 26.9 Å². The van der Waals surface area contributed by atoms with E-state index in [0.29, 0.717) is 12.1 Å². The van der Waals surface area contributed by atoms with E-state index in [1.807, 2.05) is 0 Å². The van der Waals surface area contributed by atoms with Crippen LogP contribution in [0.2, 0.25) is 5.02 Å². The van der Waals surface area contributed by atoms with Gasteiger partial charge in [-0.2, -0.15) is 13.2 Å². The first-order chi connectivity index (χ1) is 16.2. The molecule has 35 heavy (non-hydrogen) atoms. The highest BCUT2D eigenvalue weighted by Gasteiger charge is 2.59. The van der Waals surface area contributed by atoms with E-state index in [4.69, 9.17) is 21.4 Å². The van der Waals surface area contributed by atoms with Gasteiger partial charge in [0.05, 0.1) is 5.56 Å². The lowest BCUT2D eigenvalue weighted by Gasteiger charge is -2.37. The standard InChI is InChI=1S/C23H17ClF5NO5/c1-11(22(34,23(27,28)29)12-3-6-20(31)30(2)10-12)15-8-18(26)19(9-16(15)24)35-13-4-5-14(21(32)33)17(25)7-13/h3-11,34H,1-2H3,(H,32,33)/t11-,22-/m0/s1. The number of rotatable bonds is 6. The summed E-state index contributed by atoms with van der Waals surface area (Å²) >= 11 is 6.13. The minimum Gasteiger partial charge on any atom is -0.478 e. The zero-order chi connectivity index (χ0) is 26.3. The van der Waals surface area contributed by atoms with Gasteiger partial charge in [-0.3, -0.25) is 4.79 Å². The molecule has 2 aromatic carbocycles. The number of pyridine rings is 1. The Balaban J connectivity index is 2.03. The molecule has 0 fully saturated rings. The number of aromatic carboxylic acids is 1. The van der Waals surface area contributed by atoms with Crippen LogP contribution in [0.1, 0.15) is 34.3 Å². The lowest BCUT2D eigenvalue weighted by Crippen LogP contribution is -2.47. The number of halogens is 6. The third kappa shape index (κ3) is 4.87. The van der Waals surface area contributed by atoms with Crippen LogP contribution < -0.4 is 10.3 Å². The number of hydrogen-bond donors (Lipinski definition) is 2. The molecule has 0 aliphatic carbocycles. The molecule has 0 amide bonds. The predicted octanol–water partition coefficient (Wildman–Crippen LogP) is 5.36. The van der Waals surface area contributed by atoms with Crippen molar-refractivity contribution in [3.8, 4) is 11.5 Å². The zero-order valence-corrected chi connectivity index (χ0v) is 18.8. The molecule has 0 saturated heterocycles. The fourth-order valence-electron chi connectivity index (χ4n) is 3.52. The van der Waals surface area contributed by atoms with Gasteiger partial charge in [0.1, 0.15) is 11.6 Å². The van der Waals surface area contributed by atoms with Crippen LogP contribution >= 0.6 is 11.6 Å². The Kier molecular flexibility index (Phi) is 6.96. The molecular weight excluding hydrogens is 501 g/mol. The van der Waals surface area contributed by atoms with Crippen molar-refractivity contribution < 1.29 is 41.7 Å². The molecule has 3 rings (SSSR count). The van der Waals surface area contributed by atoms with Gasteiger partial charge in [-0.15, -0.1) is 0 Å². The molecule has 1 aromatic heterocycles. The average molecular weight is 518 g/mol. The van der Waals surface area contributed by atoms with E-state index in [1.165, 1.54) is 7.05 Å². The van der Waals surface area contributed by atoms with Gasteiger partial charge in [-0.05, 0) is 29.8 Å². The SMILES string of the molecule is C[C@@H](c1cc(F)c(Oc2ccc(C(=O)O)c(F)c2)cc1Cl)[C@](O)(c1ccc(=O)n(C)c1)C(F)(F)F. The van der Waals surface area contributed by atoms with Crippen molar-refractivity contribution in [1.29, 1.82) is 0 Å². The minimum atomic E-state index is -5.25. The van der Waals surface area contributed by atoms with Gasteiger partial charge in [0.15, 0.2) is 17.2 Å². The highest BCUT2D eigenvalue weighted by atomic mass is 35.5. The summed E-state index contributed by atoms with van der Waals surface area (Å²) < 4.78 is 77.1. The van der Waals surface area contributed by atoms with Crippen LogP contribution in [-0.2, 0) is 12.6 Å². The first-order valence-electron chi connectivity index (χ1n) is 9.82. The van der Waals surface area contributed by atoms with E-state index in [9.17, 15) is 36.6 Å². The molecule has 6 nitrogen and oxygen atoms in total. The van der Waals surface area contributed by atoms with Gasteiger partial charge in [0.25, 0.3) is 0 Å². The summed E-state index contributed by atoms with van der Waals surface area (Å²) in [5, 5.41) is 19.3. The maximum atomic E-state index is 14.8. The summed E-state index contributed by atoms with van der Waals surface area (Å²) in [6.45, 7) is 0.986. The van der Waals surface area contributed by atoms with Crippen molar-refractivity contribution >= 4 is 17.6 Å². The topological polar surface area (TPSA) is 88.8 Å². The molecule has 3 aromatic rings. The molecule has 0 spiro atoms. The van der Waals surface area contributed by atoms with Crippen molar-refractivity contribution in [2.45, 2.75) is 24.6 Å². The normalized spacial score (nSPS) is 14.3. The number of nitrogens with zero attached hydrogens (tertiary/aromatic N) is 1. The number of carboxylic acid groups (broad SMARTS) is 1. The molecule has 2 N–H and O–H groups in total. The summed E-state index contributed by atoms with van der Waals surface area (Å²) in [7, 11) is 1.21. The third-order valence-electron chi connectivity index (χ3n) is 5.50. The summed E-state index contributed by atoms with van der Waals surface area (Å²) in [4.78, 5) is 22.5. The van der Waals surface area contributed by atoms with Crippen LogP contribution in [0.15, 0.2) is 53.5 Å². The number of carboxylic acids is 1. The van der Waals surface area contributed by atoms with E-state index < -0.39 is 68.3 Å². The molecule has 12 heteroatoms. The van der Waals surface area contributed by atoms with Gasteiger partial charge in [-0.1, -0.05) is 18.5 Å². The second-order valence-corrected chi connectivity index (χ2v) is 8.11. The number of benzene rings is 2. The van der Waals surface area contributed by atoms with Gasteiger partial charge >= 0.3 is 12.1 Å². The Morgan fingerprint density at radius 3 is 2.29 bits per heavy atom. The molecule has 1 heterocycles. The maximum Gasteiger partial charge on any atom is 0.422 e. The molecule has 0 radical (unpaired) electrons. The molecule has 0 bridgehead atoms. The van der Waals surface area contributed by atoms with E-state index in [1.54, 1.807) is 0 Å². The molecule has 186 valence electrons. The smallest absolute Gasteiger partial charge is 0.422 e. The fraction of sp³-hybridized carbons (Fsp3) is 0.217. The Hall–Kier alpha value is -3.44. The second-order valence-electron chi connectivity index (χ2n) is 7.71. The summed E-state index contributed by atoms with van der Waals surface area (Å²) in [5.41, 5.74) is -5.88. The lowest BCUT2D eigenvalue weighted by molar-refractivity contribution is -0.274. The molecular formula is C23H17ClF5NO5. The summed E-state index contributed by atoms with van der Waals surface area (Å²) in [5.74, 6) is -6.57. The van der Waals surface area contributed by atoms with E-state index in [2.05, 4.69) is 0 Å². The van der Waals surface area contributed by atoms with Crippen LogP contribution in [0.25, 0.3) is 0 Å². The van der Waals surface area contributed by atoms with Crippen molar-refractivity contribution in [2.24, 2.45) is 7.05 Å². The fourth-order valence-corrected chi connectivity index (χ4v) is 3.83. The summed E-state index contributed by atoms with van der Waals surface area (Å²) in [6.07, 6.45) is -4.42. The van der Waals surface area contributed by atoms with Crippen molar-refractivity contribution in [2.75, 3.05) is 0 Å². The van der Waals surface area contributed by atoms with Crippen molar-refractivity contribution in [3.63, 3.8) is 0 Å². The Bertz CT molecular complexity index is 1360. The summed E-state index contributed by atoms with van der Waals surface area (Å²) in [6, 6.07) is 5.80. The quantitative estimate of drug-likeness (QED) is 0.430. The minimum absolute atomic E-state index is 0.291. The van der Waals surface area contributed by atoms with Crippen LogP contribution in [0.4, 0.5) is 22.0 Å². The number of alkyl halides is 3. The van der Waals surface area contributed by atoms with E-state index in [-0.39, 0.29) is 5.75 Å². The highest BCUT2D eigenvalue weighted by molar-refractivity contribution is 6.31. The van der Waals surface area contributed by atoms with Crippen molar-refractivity contribution in [1.82, 2.24) is 4.57 Å². The molecule has 0 saturated carbocycles. The third-order valence-corrected chi connectivity index (χ3v) is 5.83. The molecule has 0 unspecified atom stereocenters. The average Bonchev–Trinajstić information content (AvgIpc) is 2.76. The lowest BCUT2D eigenvalue weighted by atomic mass is 9.78. The number of aliphatic hydroxyl groups is 1. The number of aromatic nitrogens is 1. The Morgan fingerprint density at radius 1 is 1.09 bits per heavy atom.